The van der Waals surface area contributed by atoms with Crippen molar-refractivity contribution in [3.8, 4) is 0 Å². The van der Waals surface area contributed by atoms with E-state index in [1.54, 1.807) is 0 Å². The van der Waals surface area contributed by atoms with Crippen LogP contribution in [-0.2, 0) is 30.4 Å². The Hall–Kier alpha value is -1.92. The fraction of sp³-hybridized carbons (Fsp3) is 0.579. The van der Waals surface area contributed by atoms with Crippen LogP contribution >= 0.6 is 0 Å². The molecule has 2 atom stereocenters. The first kappa shape index (κ1) is 19.4. The number of likely N-dealkylation sites (tertiary alicyclic amines) is 1. The number of carbonyl (C=O) groups is 2. The molecular weight excluding hydrogens is 322 g/mol. The van der Waals surface area contributed by atoms with Gasteiger partial charge in [-0.1, -0.05) is 30.3 Å². The largest absolute Gasteiger partial charge is 0.466 e. The first-order valence-corrected chi connectivity index (χ1v) is 8.57. The highest BCUT2D eigenvalue weighted by Gasteiger charge is 2.47. The molecule has 1 aromatic carbocycles. The van der Waals surface area contributed by atoms with Crippen molar-refractivity contribution in [3.63, 3.8) is 0 Å². The lowest BCUT2D eigenvalue weighted by atomic mass is 9.91. The Morgan fingerprint density at radius 2 is 2.00 bits per heavy atom. The summed E-state index contributed by atoms with van der Waals surface area (Å²) in [6.07, 6.45) is 1.57. The van der Waals surface area contributed by atoms with Gasteiger partial charge in [0.25, 0.3) is 0 Å². The molecule has 0 spiro atoms. The van der Waals surface area contributed by atoms with Gasteiger partial charge in [-0.2, -0.15) is 0 Å². The Bertz CT molecular complexity index is 576. The zero-order valence-electron chi connectivity index (χ0n) is 15.2. The molecule has 0 amide bonds. The van der Waals surface area contributed by atoms with Crippen LogP contribution in [0.4, 0.5) is 0 Å². The molecular formula is C19H27NO5. The number of likely N-dealkylation sites (N-methyl/N-ethyl adjacent to an activating group) is 1. The molecule has 1 fully saturated rings. The van der Waals surface area contributed by atoms with E-state index in [1.807, 2.05) is 37.4 Å². The monoisotopic (exact) mass is 349 g/mol. The molecule has 0 radical (unpaired) electrons. The zero-order chi connectivity index (χ0) is 18.3. The Labute approximate surface area is 149 Å². The molecule has 0 aromatic heterocycles. The molecule has 1 saturated heterocycles. The van der Waals surface area contributed by atoms with Gasteiger partial charge in [0.1, 0.15) is 0 Å². The molecule has 1 aromatic rings. The number of esters is 2. The molecule has 0 N–H and O–H groups in total. The third kappa shape index (κ3) is 5.28. The van der Waals surface area contributed by atoms with Crippen LogP contribution in [0.15, 0.2) is 30.3 Å². The normalized spacial score (nSPS) is 24.4. The highest BCUT2D eigenvalue weighted by Crippen LogP contribution is 2.31. The van der Waals surface area contributed by atoms with Gasteiger partial charge in [-0.05, 0) is 32.0 Å². The maximum atomic E-state index is 12.4. The summed E-state index contributed by atoms with van der Waals surface area (Å²) in [7, 11) is 3.32. The minimum atomic E-state index is -1.23. The first-order chi connectivity index (χ1) is 12.0. The lowest BCUT2D eigenvalue weighted by molar-refractivity contribution is -0.182. The van der Waals surface area contributed by atoms with Crippen molar-refractivity contribution in [2.24, 2.45) is 0 Å². The van der Waals surface area contributed by atoms with Crippen LogP contribution in [0.2, 0.25) is 0 Å². The third-order valence-corrected chi connectivity index (χ3v) is 4.60. The van der Waals surface area contributed by atoms with Crippen molar-refractivity contribution in [2.45, 2.75) is 44.4 Å². The standard InChI is InChI=1S/C19H27NO5/c1-15(21)25-19(18(22)23-3)10-7-11-20(2)17(12-19)14-24-13-16-8-5-4-6-9-16/h4-6,8-9,17H,7,10-14H2,1-3H3/t17-,19-/m0/s1. The average Bonchev–Trinajstić information content (AvgIpc) is 2.74. The van der Waals surface area contributed by atoms with Gasteiger partial charge in [-0.15, -0.1) is 0 Å². The van der Waals surface area contributed by atoms with Crippen molar-refractivity contribution in [2.75, 3.05) is 27.3 Å². The molecule has 1 heterocycles. The quantitative estimate of drug-likeness (QED) is 0.734. The van der Waals surface area contributed by atoms with Crippen LogP contribution in [0, 0.1) is 0 Å². The molecule has 6 heteroatoms. The van der Waals surface area contributed by atoms with Crippen LogP contribution < -0.4 is 0 Å². The van der Waals surface area contributed by atoms with E-state index in [0.29, 0.717) is 26.1 Å². The number of carbonyl (C=O) groups excluding carboxylic acids is 2. The van der Waals surface area contributed by atoms with Crippen LogP contribution in [0.3, 0.4) is 0 Å². The summed E-state index contributed by atoms with van der Waals surface area (Å²) in [5, 5.41) is 0. The van der Waals surface area contributed by atoms with Crippen LogP contribution in [-0.4, -0.2) is 55.8 Å². The second-order valence-corrected chi connectivity index (χ2v) is 6.52. The van der Waals surface area contributed by atoms with E-state index in [2.05, 4.69) is 4.90 Å². The maximum absolute atomic E-state index is 12.4. The van der Waals surface area contributed by atoms with Crippen molar-refractivity contribution in [1.29, 1.82) is 0 Å². The van der Waals surface area contributed by atoms with Gasteiger partial charge in [0, 0.05) is 19.4 Å². The molecule has 0 bridgehead atoms. The molecule has 1 aliphatic heterocycles. The summed E-state index contributed by atoms with van der Waals surface area (Å²) in [4.78, 5) is 26.1. The van der Waals surface area contributed by atoms with Crippen molar-refractivity contribution in [1.82, 2.24) is 4.90 Å². The SMILES string of the molecule is COC(=O)[C@]1(OC(C)=O)CCCN(C)[C@H](COCc2ccccc2)C1. The van der Waals surface area contributed by atoms with Gasteiger partial charge in [0.05, 0.1) is 20.3 Å². The predicted molar refractivity (Wildman–Crippen MR) is 92.9 cm³/mol. The lowest BCUT2D eigenvalue weighted by Gasteiger charge is -2.33. The van der Waals surface area contributed by atoms with E-state index in [4.69, 9.17) is 14.2 Å². The summed E-state index contributed by atoms with van der Waals surface area (Å²) < 4.78 is 16.3. The van der Waals surface area contributed by atoms with Crippen molar-refractivity contribution in [3.05, 3.63) is 35.9 Å². The minimum absolute atomic E-state index is 0.0373. The molecule has 0 saturated carbocycles. The fourth-order valence-corrected chi connectivity index (χ4v) is 3.29. The van der Waals surface area contributed by atoms with E-state index in [1.165, 1.54) is 14.0 Å². The van der Waals surface area contributed by atoms with E-state index >= 15 is 0 Å². The van der Waals surface area contributed by atoms with Gasteiger partial charge in [-0.3, -0.25) is 4.79 Å². The average molecular weight is 349 g/mol. The summed E-state index contributed by atoms with van der Waals surface area (Å²) in [6.45, 7) is 3.08. The highest BCUT2D eigenvalue weighted by molar-refractivity contribution is 5.83. The Balaban J connectivity index is 2.06. The maximum Gasteiger partial charge on any atom is 0.350 e. The number of methoxy groups -OCH3 is 1. The number of rotatable bonds is 6. The number of ether oxygens (including phenoxy) is 3. The summed E-state index contributed by atoms with van der Waals surface area (Å²) >= 11 is 0. The number of hydrogen-bond donors (Lipinski definition) is 0. The smallest absolute Gasteiger partial charge is 0.350 e. The third-order valence-electron chi connectivity index (χ3n) is 4.60. The topological polar surface area (TPSA) is 65.1 Å². The van der Waals surface area contributed by atoms with Gasteiger partial charge >= 0.3 is 11.9 Å². The summed E-state index contributed by atoms with van der Waals surface area (Å²) in [5.41, 5.74) is -0.135. The van der Waals surface area contributed by atoms with Crippen molar-refractivity contribution >= 4 is 11.9 Å². The summed E-state index contributed by atoms with van der Waals surface area (Å²) in [6, 6.07) is 9.89. The molecule has 1 aliphatic rings. The number of benzene rings is 1. The minimum Gasteiger partial charge on any atom is -0.466 e. The van der Waals surface area contributed by atoms with E-state index in [0.717, 1.165) is 18.5 Å². The first-order valence-electron chi connectivity index (χ1n) is 8.57. The molecule has 25 heavy (non-hydrogen) atoms. The van der Waals surface area contributed by atoms with Gasteiger partial charge < -0.3 is 19.1 Å². The van der Waals surface area contributed by atoms with E-state index in [-0.39, 0.29) is 6.04 Å². The van der Waals surface area contributed by atoms with E-state index < -0.39 is 17.5 Å². The number of hydrogen-bond acceptors (Lipinski definition) is 6. The summed E-state index contributed by atoms with van der Waals surface area (Å²) in [5.74, 6) is -0.968. The second kappa shape index (κ2) is 8.97. The van der Waals surface area contributed by atoms with Gasteiger partial charge in [-0.25, -0.2) is 4.79 Å². The molecule has 138 valence electrons. The number of nitrogens with zero attached hydrogens (tertiary/aromatic N) is 1. The van der Waals surface area contributed by atoms with Crippen LogP contribution in [0.1, 0.15) is 31.7 Å². The zero-order valence-corrected chi connectivity index (χ0v) is 15.2. The fourth-order valence-electron chi connectivity index (χ4n) is 3.29. The van der Waals surface area contributed by atoms with Crippen molar-refractivity contribution < 1.29 is 23.8 Å². The van der Waals surface area contributed by atoms with Crippen LogP contribution in [0.25, 0.3) is 0 Å². The van der Waals surface area contributed by atoms with E-state index in [9.17, 15) is 9.59 Å². The molecule has 0 aliphatic carbocycles. The van der Waals surface area contributed by atoms with Crippen LogP contribution in [0.5, 0.6) is 0 Å². The molecule has 2 rings (SSSR count). The Morgan fingerprint density at radius 3 is 2.64 bits per heavy atom. The Kier molecular flexibility index (Phi) is 6.96. The van der Waals surface area contributed by atoms with Gasteiger partial charge in [0.2, 0.25) is 5.60 Å². The molecule has 6 nitrogen and oxygen atoms in total. The lowest BCUT2D eigenvalue weighted by Crippen LogP contribution is -2.48. The molecule has 0 unspecified atom stereocenters. The Morgan fingerprint density at radius 1 is 1.28 bits per heavy atom. The van der Waals surface area contributed by atoms with Gasteiger partial charge in [0.15, 0.2) is 0 Å². The predicted octanol–water partition coefficient (Wildman–Crippen LogP) is 2.16. The highest BCUT2D eigenvalue weighted by atomic mass is 16.6. The second-order valence-electron chi connectivity index (χ2n) is 6.52.